The lowest BCUT2D eigenvalue weighted by Gasteiger charge is -2.09. The topological polar surface area (TPSA) is 72.4 Å². The van der Waals surface area contributed by atoms with E-state index in [4.69, 9.17) is 4.74 Å². The van der Waals surface area contributed by atoms with Gasteiger partial charge in [-0.25, -0.2) is 0 Å². The molecule has 6 nitrogen and oxygen atoms in total. The van der Waals surface area contributed by atoms with Crippen molar-refractivity contribution in [2.45, 2.75) is 6.42 Å². The molecule has 138 valence electrons. The number of rotatable bonds is 6. The maximum absolute atomic E-state index is 12.0. The molecule has 7 heteroatoms. The van der Waals surface area contributed by atoms with Gasteiger partial charge in [-0.2, -0.15) is 0 Å². The number of carbonyl (C=O) groups is 2. The van der Waals surface area contributed by atoms with Gasteiger partial charge < -0.3 is 9.30 Å². The van der Waals surface area contributed by atoms with Crippen molar-refractivity contribution in [2.75, 3.05) is 6.61 Å². The highest BCUT2D eigenvalue weighted by Crippen LogP contribution is 2.15. The number of aromatic nitrogens is 1. The first-order valence-electron chi connectivity index (χ1n) is 8.28. The molecule has 2 amide bonds. The zero-order valence-electron chi connectivity index (χ0n) is 14.4. The van der Waals surface area contributed by atoms with E-state index in [1.165, 1.54) is 0 Å². The number of ether oxygens (including phenoxy) is 1. The Morgan fingerprint density at radius 2 is 1.52 bits per heavy atom. The second kappa shape index (κ2) is 9.05. The van der Waals surface area contributed by atoms with Crippen molar-refractivity contribution in [3.05, 3.63) is 83.1 Å². The van der Waals surface area contributed by atoms with Gasteiger partial charge in [0.05, 0.1) is 6.42 Å². The van der Waals surface area contributed by atoms with Gasteiger partial charge in [-0.1, -0.05) is 28.1 Å². The molecule has 0 aliphatic carbocycles. The molecule has 0 atom stereocenters. The van der Waals surface area contributed by atoms with E-state index in [-0.39, 0.29) is 18.9 Å². The van der Waals surface area contributed by atoms with Crippen molar-refractivity contribution >= 4 is 27.7 Å². The predicted octanol–water partition coefficient (Wildman–Crippen LogP) is 3.01. The van der Waals surface area contributed by atoms with Crippen molar-refractivity contribution in [3.8, 4) is 11.4 Å². The summed E-state index contributed by atoms with van der Waals surface area (Å²) >= 11 is 3.32. The number of hydrogen-bond acceptors (Lipinski definition) is 3. The highest BCUT2D eigenvalue weighted by atomic mass is 79.9. The minimum absolute atomic E-state index is 0.166. The second-order valence-corrected chi connectivity index (χ2v) is 6.69. The van der Waals surface area contributed by atoms with Crippen LogP contribution in [0.3, 0.4) is 0 Å². The first-order chi connectivity index (χ1) is 13.1. The molecular weight excluding hydrogens is 410 g/mol. The molecule has 2 N–H and O–H groups in total. The fourth-order valence-electron chi connectivity index (χ4n) is 2.38. The molecule has 1 aromatic heterocycles. The van der Waals surface area contributed by atoms with Crippen molar-refractivity contribution in [1.82, 2.24) is 15.4 Å². The first-order valence-corrected chi connectivity index (χ1v) is 9.08. The zero-order chi connectivity index (χ0) is 19.1. The molecule has 27 heavy (non-hydrogen) atoms. The third-order valence-electron chi connectivity index (χ3n) is 3.73. The standard InChI is InChI=1S/C20H18BrN3O3/c21-16-5-9-18(10-6-16)27-14-20(26)23-22-19(25)13-15-3-7-17(8-4-15)24-11-1-2-12-24/h1-12H,13-14H2,(H,22,25)(H,23,26). The lowest BCUT2D eigenvalue weighted by Crippen LogP contribution is -2.44. The Balaban J connectivity index is 1.41. The third kappa shape index (κ3) is 5.72. The quantitative estimate of drug-likeness (QED) is 0.593. The summed E-state index contributed by atoms with van der Waals surface area (Å²) in [6.07, 6.45) is 4.07. The highest BCUT2D eigenvalue weighted by Gasteiger charge is 2.07. The molecule has 0 fully saturated rings. The maximum Gasteiger partial charge on any atom is 0.276 e. The number of nitrogens with zero attached hydrogens (tertiary/aromatic N) is 1. The van der Waals surface area contributed by atoms with Crippen molar-refractivity contribution < 1.29 is 14.3 Å². The molecule has 0 spiro atoms. The van der Waals surface area contributed by atoms with Crippen LogP contribution in [0.15, 0.2) is 77.5 Å². The molecule has 0 aliphatic heterocycles. The molecule has 0 saturated heterocycles. The van der Waals surface area contributed by atoms with Crippen LogP contribution in [0.2, 0.25) is 0 Å². The fourth-order valence-corrected chi connectivity index (χ4v) is 2.64. The number of amides is 2. The van der Waals surface area contributed by atoms with Gasteiger partial charge in [0.2, 0.25) is 5.91 Å². The number of carbonyl (C=O) groups excluding carboxylic acids is 2. The molecule has 0 unspecified atom stereocenters. The third-order valence-corrected chi connectivity index (χ3v) is 4.26. The van der Waals surface area contributed by atoms with Gasteiger partial charge in [-0.3, -0.25) is 20.4 Å². The summed E-state index contributed by atoms with van der Waals surface area (Å²) in [7, 11) is 0. The van der Waals surface area contributed by atoms with E-state index in [0.29, 0.717) is 5.75 Å². The van der Waals surface area contributed by atoms with E-state index in [0.717, 1.165) is 15.7 Å². The summed E-state index contributed by atoms with van der Waals surface area (Å²) in [5.74, 6) is -0.169. The van der Waals surface area contributed by atoms with E-state index in [9.17, 15) is 9.59 Å². The van der Waals surface area contributed by atoms with Crippen LogP contribution >= 0.6 is 15.9 Å². The largest absolute Gasteiger partial charge is 0.484 e. The first kappa shape index (κ1) is 18.7. The van der Waals surface area contributed by atoms with Crippen LogP contribution in [0, 0.1) is 0 Å². The fraction of sp³-hybridized carbons (Fsp3) is 0.100. The van der Waals surface area contributed by atoms with Crippen LogP contribution in [0.4, 0.5) is 0 Å². The highest BCUT2D eigenvalue weighted by molar-refractivity contribution is 9.10. The summed E-state index contributed by atoms with van der Waals surface area (Å²) in [6, 6.07) is 18.7. The van der Waals surface area contributed by atoms with E-state index in [1.54, 1.807) is 12.1 Å². The van der Waals surface area contributed by atoms with Gasteiger partial charge in [0, 0.05) is 22.6 Å². The van der Waals surface area contributed by atoms with Crippen LogP contribution in [0.5, 0.6) is 5.75 Å². The molecular formula is C20H18BrN3O3. The van der Waals surface area contributed by atoms with Crippen molar-refractivity contribution in [3.63, 3.8) is 0 Å². The summed E-state index contributed by atoms with van der Waals surface area (Å²) in [5.41, 5.74) is 6.60. The molecule has 1 heterocycles. The van der Waals surface area contributed by atoms with Gasteiger partial charge in [0.1, 0.15) is 5.75 Å². The van der Waals surface area contributed by atoms with Gasteiger partial charge in [0.25, 0.3) is 5.91 Å². The Labute approximate surface area is 165 Å². The lowest BCUT2D eigenvalue weighted by molar-refractivity contribution is -0.129. The number of hydrogen-bond donors (Lipinski definition) is 2. The second-order valence-electron chi connectivity index (χ2n) is 5.77. The Hall–Kier alpha value is -3.06. The number of hydrazine groups is 1. The average molecular weight is 428 g/mol. The SMILES string of the molecule is O=C(COc1ccc(Br)cc1)NNC(=O)Cc1ccc(-n2cccc2)cc1. The van der Waals surface area contributed by atoms with Gasteiger partial charge in [0.15, 0.2) is 6.61 Å². The molecule has 3 rings (SSSR count). The van der Waals surface area contributed by atoms with Gasteiger partial charge in [-0.15, -0.1) is 0 Å². The van der Waals surface area contributed by atoms with Crippen LogP contribution in [-0.2, 0) is 16.0 Å². The van der Waals surface area contributed by atoms with Crippen LogP contribution in [0.25, 0.3) is 5.69 Å². The Morgan fingerprint density at radius 1 is 0.889 bits per heavy atom. The molecule has 2 aromatic carbocycles. The van der Waals surface area contributed by atoms with E-state index in [2.05, 4.69) is 26.8 Å². The van der Waals surface area contributed by atoms with Gasteiger partial charge in [-0.05, 0) is 54.1 Å². The van der Waals surface area contributed by atoms with E-state index < -0.39 is 5.91 Å². The van der Waals surface area contributed by atoms with E-state index in [1.807, 2.05) is 65.5 Å². The number of benzene rings is 2. The van der Waals surface area contributed by atoms with Crippen LogP contribution < -0.4 is 15.6 Å². The van der Waals surface area contributed by atoms with Crippen molar-refractivity contribution in [2.24, 2.45) is 0 Å². The van der Waals surface area contributed by atoms with Crippen molar-refractivity contribution in [1.29, 1.82) is 0 Å². The zero-order valence-corrected chi connectivity index (χ0v) is 16.0. The number of halogens is 1. The number of nitrogens with one attached hydrogen (secondary N) is 2. The lowest BCUT2D eigenvalue weighted by atomic mass is 10.1. The smallest absolute Gasteiger partial charge is 0.276 e. The maximum atomic E-state index is 12.0. The summed E-state index contributed by atoms with van der Waals surface area (Å²) in [4.78, 5) is 23.7. The molecule has 0 radical (unpaired) electrons. The average Bonchev–Trinajstić information content (AvgIpc) is 3.21. The normalized spacial score (nSPS) is 10.3. The minimum atomic E-state index is -0.436. The van der Waals surface area contributed by atoms with Crippen LogP contribution in [0.1, 0.15) is 5.56 Å². The van der Waals surface area contributed by atoms with Crippen LogP contribution in [-0.4, -0.2) is 23.0 Å². The Kier molecular flexibility index (Phi) is 6.27. The van der Waals surface area contributed by atoms with Gasteiger partial charge >= 0.3 is 0 Å². The minimum Gasteiger partial charge on any atom is -0.484 e. The Morgan fingerprint density at radius 3 is 2.19 bits per heavy atom. The molecule has 0 aliphatic rings. The predicted molar refractivity (Wildman–Crippen MR) is 105 cm³/mol. The molecule has 0 saturated carbocycles. The summed E-state index contributed by atoms with van der Waals surface area (Å²) in [6.45, 7) is -0.187. The molecule has 3 aromatic rings. The Bertz CT molecular complexity index is 891. The summed E-state index contributed by atoms with van der Waals surface area (Å²) in [5, 5.41) is 0. The molecule has 0 bridgehead atoms. The van der Waals surface area contributed by atoms with E-state index >= 15 is 0 Å². The monoisotopic (exact) mass is 427 g/mol. The summed E-state index contributed by atoms with van der Waals surface area (Å²) < 4.78 is 8.24.